The van der Waals surface area contributed by atoms with Gasteiger partial charge in [-0.25, -0.2) is 9.59 Å². The largest absolute Gasteiger partial charge is 0.490 e. The van der Waals surface area contributed by atoms with E-state index in [0.29, 0.717) is 12.5 Å². The number of nitrogens with zero attached hydrogens (tertiary/aromatic N) is 2. The Hall–Kier alpha value is -2.36. The molecule has 2 saturated heterocycles. The fourth-order valence-electron chi connectivity index (χ4n) is 3.52. The summed E-state index contributed by atoms with van der Waals surface area (Å²) in [6.45, 7) is 6.10. The van der Waals surface area contributed by atoms with Crippen LogP contribution in [0.25, 0.3) is 0 Å². The Kier molecular flexibility index (Phi) is 11.5. The minimum absolute atomic E-state index is 0.135. The van der Waals surface area contributed by atoms with E-state index in [1.165, 1.54) is 0 Å². The van der Waals surface area contributed by atoms with Gasteiger partial charge in [0.25, 0.3) is 0 Å². The molecule has 1 spiro atoms. The molecule has 1 aromatic heterocycles. The summed E-state index contributed by atoms with van der Waals surface area (Å²) in [5.41, 5.74) is -0.135. The number of carboxylic acids is 2. The molecule has 3 rings (SSSR count). The van der Waals surface area contributed by atoms with Crippen LogP contribution in [-0.2, 0) is 25.6 Å². The molecule has 2 unspecified atom stereocenters. The SMILES string of the molecule is CN(C)CC1COC2(COCCN(Cc3ccco3)C2)C1.O=C(O)C(F)(F)F.O=C(O)C(F)(F)F. The van der Waals surface area contributed by atoms with Crippen LogP contribution in [0.3, 0.4) is 0 Å². The molecule has 3 heterocycles. The van der Waals surface area contributed by atoms with Gasteiger partial charge in [0.05, 0.1) is 32.6 Å². The van der Waals surface area contributed by atoms with Crippen molar-refractivity contribution < 1.29 is 60.0 Å². The maximum Gasteiger partial charge on any atom is 0.490 e. The minimum atomic E-state index is -5.08. The van der Waals surface area contributed by atoms with Crippen molar-refractivity contribution in [3.05, 3.63) is 24.2 Å². The summed E-state index contributed by atoms with van der Waals surface area (Å²) in [4.78, 5) is 22.4. The standard InChI is InChI=1S/C16H26N2O3.2C2HF3O2/c1-17(2)9-14-8-16(21-11-14)12-18(5-7-19-13-16)10-15-4-3-6-20-15;2*3-2(4,5)1(6)7/h3-4,6,14H,5,7-13H2,1-2H3;2*(H,6,7). The number of hydrogen-bond acceptors (Lipinski definition) is 7. The minimum Gasteiger partial charge on any atom is -0.475 e. The first-order valence-electron chi connectivity index (χ1n) is 10.3. The molecule has 15 heteroatoms. The molecule has 35 heavy (non-hydrogen) atoms. The Balaban J connectivity index is 0.000000362. The van der Waals surface area contributed by atoms with Crippen LogP contribution in [0.4, 0.5) is 26.3 Å². The third kappa shape index (κ3) is 11.7. The number of ether oxygens (including phenoxy) is 2. The first kappa shape index (κ1) is 30.7. The summed E-state index contributed by atoms with van der Waals surface area (Å²) in [5.74, 6) is -3.90. The Labute approximate surface area is 197 Å². The monoisotopic (exact) mass is 522 g/mol. The normalized spacial score (nSPS) is 23.2. The molecule has 2 atom stereocenters. The highest BCUT2D eigenvalue weighted by atomic mass is 19.4. The summed E-state index contributed by atoms with van der Waals surface area (Å²) in [5, 5.41) is 14.2. The van der Waals surface area contributed by atoms with E-state index in [2.05, 4.69) is 23.9 Å². The first-order valence-corrected chi connectivity index (χ1v) is 10.3. The quantitative estimate of drug-likeness (QED) is 0.577. The molecule has 0 radical (unpaired) electrons. The summed E-state index contributed by atoms with van der Waals surface area (Å²) in [7, 11) is 4.25. The van der Waals surface area contributed by atoms with Crippen LogP contribution in [0, 0.1) is 5.92 Å². The third-order valence-corrected chi connectivity index (χ3v) is 4.78. The topological polar surface area (TPSA) is 113 Å². The average Bonchev–Trinajstić information content (AvgIpc) is 3.29. The molecule has 0 saturated carbocycles. The average molecular weight is 522 g/mol. The zero-order chi connectivity index (χ0) is 26.9. The van der Waals surface area contributed by atoms with Crippen molar-refractivity contribution in [1.29, 1.82) is 0 Å². The molecule has 202 valence electrons. The molecule has 9 nitrogen and oxygen atoms in total. The van der Waals surface area contributed by atoms with E-state index < -0.39 is 24.3 Å². The summed E-state index contributed by atoms with van der Waals surface area (Å²) in [6, 6.07) is 3.97. The van der Waals surface area contributed by atoms with E-state index in [1.54, 1.807) is 6.26 Å². The second-order valence-electron chi connectivity index (χ2n) is 8.27. The van der Waals surface area contributed by atoms with E-state index in [4.69, 9.17) is 33.7 Å². The maximum absolute atomic E-state index is 10.6. The fraction of sp³-hybridized carbons (Fsp3) is 0.700. The van der Waals surface area contributed by atoms with Gasteiger partial charge >= 0.3 is 24.3 Å². The summed E-state index contributed by atoms with van der Waals surface area (Å²) < 4.78 is 81.0. The Morgan fingerprint density at radius 2 is 1.71 bits per heavy atom. The van der Waals surface area contributed by atoms with Crippen molar-refractivity contribution in [2.45, 2.75) is 30.9 Å². The number of aliphatic carboxylic acids is 2. The Morgan fingerprint density at radius 1 is 1.14 bits per heavy atom. The first-order chi connectivity index (χ1) is 16.0. The molecular weight excluding hydrogens is 494 g/mol. The highest BCUT2D eigenvalue weighted by molar-refractivity contribution is 5.73. The highest BCUT2D eigenvalue weighted by Crippen LogP contribution is 2.33. The van der Waals surface area contributed by atoms with Crippen LogP contribution in [0.1, 0.15) is 12.2 Å². The zero-order valence-electron chi connectivity index (χ0n) is 19.1. The van der Waals surface area contributed by atoms with Crippen molar-refractivity contribution in [1.82, 2.24) is 9.80 Å². The van der Waals surface area contributed by atoms with Crippen LogP contribution in [0.15, 0.2) is 22.8 Å². The fourth-order valence-corrected chi connectivity index (χ4v) is 3.52. The van der Waals surface area contributed by atoms with E-state index in [-0.39, 0.29) is 5.60 Å². The van der Waals surface area contributed by atoms with E-state index in [9.17, 15) is 26.3 Å². The van der Waals surface area contributed by atoms with Gasteiger partial charge in [-0.05, 0) is 38.6 Å². The molecule has 2 fully saturated rings. The third-order valence-electron chi connectivity index (χ3n) is 4.78. The van der Waals surface area contributed by atoms with Crippen molar-refractivity contribution in [3.63, 3.8) is 0 Å². The second kappa shape index (κ2) is 13.1. The smallest absolute Gasteiger partial charge is 0.475 e. The summed E-state index contributed by atoms with van der Waals surface area (Å²) >= 11 is 0. The molecule has 0 bridgehead atoms. The van der Waals surface area contributed by atoms with Crippen LogP contribution in [-0.4, -0.2) is 103 Å². The van der Waals surface area contributed by atoms with Gasteiger partial charge in [0.15, 0.2) is 0 Å². The lowest BCUT2D eigenvalue weighted by molar-refractivity contribution is -0.193. The predicted molar refractivity (Wildman–Crippen MR) is 108 cm³/mol. The number of rotatable bonds is 4. The van der Waals surface area contributed by atoms with Gasteiger partial charge in [-0.1, -0.05) is 0 Å². The highest BCUT2D eigenvalue weighted by Gasteiger charge is 2.43. The number of halogens is 6. The van der Waals surface area contributed by atoms with Gasteiger partial charge in [-0.3, -0.25) is 4.90 Å². The van der Waals surface area contributed by atoms with E-state index in [0.717, 1.165) is 51.6 Å². The van der Waals surface area contributed by atoms with Gasteiger partial charge in [-0.15, -0.1) is 0 Å². The van der Waals surface area contributed by atoms with Crippen LogP contribution in [0.5, 0.6) is 0 Å². The number of alkyl halides is 6. The van der Waals surface area contributed by atoms with Gasteiger partial charge in [0, 0.05) is 19.6 Å². The number of carbonyl (C=O) groups is 2. The van der Waals surface area contributed by atoms with Gasteiger partial charge in [-0.2, -0.15) is 26.3 Å². The molecule has 1 aromatic rings. The predicted octanol–water partition coefficient (Wildman–Crippen LogP) is 2.72. The zero-order valence-corrected chi connectivity index (χ0v) is 19.1. The number of carboxylic acid groups (broad SMARTS) is 2. The van der Waals surface area contributed by atoms with Crippen molar-refractivity contribution >= 4 is 11.9 Å². The maximum atomic E-state index is 10.6. The lowest BCUT2D eigenvalue weighted by atomic mass is 9.94. The summed E-state index contributed by atoms with van der Waals surface area (Å²) in [6.07, 6.45) is -7.35. The van der Waals surface area contributed by atoms with Crippen molar-refractivity contribution in [2.75, 3.05) is 53.6 Å². The van der Waals surface area contributed by atoms with Crippen LogP contribution in [0.2, 0.25) is 0 Å². The van der Waals surface area contributed by atoms with Gasteiger partial charge < -0.3 is 29.0 Å². The molecule has 2 aliphatic heterocycles. The van der Waals surface area contributed by atoms with Crippen LogP contribution < -0.4 is 0 Å². The van der Waals surface area contributed by atoms with Gasteiger partial charge in [0.1, 0.15) is 11.4 Å². The Morgan fingerprint density at radius 3 is 2.17 bits per heavy atom. The number of furan rings is 1. The molecule has 2 aliphatic rings. The molecule has 0 aliphatic carbocycles. The molecule has 0 aromatic carbocycles. The Bertz CT molecular complexity index is 762. The second-order valence-corrected chi connectivity index (χ2v) is 8.27. The van der Waals surface area contributed by atoms with Gasteiger partial charge in [0.2, 0.25) is 0 Å². The molecule has 0 amide bonds. The van der Waals surface area contributed by atoms with Crippen molar-refractivity contribution in [3.8, 4) is 0 Å². The van der Waals surface area contributed by atoms with E-state index in [1.807, 2.05) is 12.1 Å². The lowest BCUT2D eigenvalue weighted by Crippen LogP contribution is -2.44. The van der Waals surface area contributed by atoms with Crippen molar-refractivity contribution in [2.24, 2.45) is 5.92 Å². The van der Waals surface area contributed by atoms with Crippen LogP contribution >= 0.6 is 0 Å². The number of hydrogen-bond donors (Lipinski definition) is 2. The molecular formula is C20H28F6N2O7. The van der Waals surface area contributed by atoms with E-state index >= 15 is 0 Å². The lowest BCUT2D eigenvalue weighted by Gasteiger charge is -2.30. The molecule has 2 N–H and O–H groups in total.